The van der Waals surface area contributed by atoms with Crippen molar-refractivity contribution in [2.45, 2.75) is 82.3 Å². The molecule has 4 aromatic rings. The van der Waals surface area contributed by atoms with Crippen LogP contribution in [0.5, 0.6) is 0 Å². The van der Waals surface area contributed by atoms with Gasteiger partial charge in [0.15, 0.2) is 0 Å². The van der Waals surface area contributed by atoms with Gasteiger partial charge in [0.1, 0.15) is 16.2 Å². The van der Waals surface area contributed by atoms with Gasteiger partial charge in [-0.15, -0.1) is 5.10 Å². The molecule has 10 nitrogen and oxygen atoms in total. The fourth-order valence-electron chi connectivity index (χ4n) is 6.98. The monoisotopic (exact) mass is 614 g/mol. The molecule has 2 fully saturated rings. The van der Waals surface area contributed by atoms with Crippen LogP contribution in [0.25, 0.3) is 11.0 Å². The Bertz CT molecular complexity index is 1850. The van der Waals surface area contributed by atoms with E-state index < -0.39 is 21.9 Å². The third kappa shape index (κ3) is 5.26. The maximum atomic E-state index is 14.1. The second kappa shape index (κ2) is 11.3. The Labute approximate surface area is 257 Å². The minimum Gasteiger partial charge on any atom is -0.481 e. The molecule has 2 aliphatic heterocycles. The first-order chi connectivity index (χ1) is 21.2. The van der Waals surface area contributed by atoms with E-state index in [0.717, 1.165) is 71.2 Å². The van der Waals surface area contributed by atoms with Crippen LogP contribution in [0.3, 0.4) is 0 Å². The number of fused-ring (bicyclic) bond motifs is 4. The fraction of sp³-hybridized carbons (Fsp3) is 0.455. The Morgan fingerprint density at radius 2 is 1.93 bits per heavy atom. The van der Waals surface area contributed by atoms with Gasteiger partial charge in [-0.3, -0.25) is 4.79 Å². The van der Waals surface area contributed by atoms with Gasteiger partial charge < -0.3 is 10.0 Å². The Morgan fingerprint density at radius 3 is 2.73 bits per heavy atom. The van der Waals surface area contributed by atoms with Crippen LogP contribution in [0.15, 0.2) is 53.6 Å². The number of aryl methyl sites for hydroxylation is 2. The molecule has 0 bridgehead atoms. The summed E-state index contributed by atoms with van der Waals surface area (Å²) in [5, 5.41) is 18.9. The minimum absolute atomic E-state index is 0.0561. The number of pyridine rings is 1. The van der Waals surface area contributed by atoms with Crippen molar-refractivity contribution in [3.63, 3.8) is 0 Å². The zero-order chi connectivity index (χ0) is 30.6. The zero-order valence-electron chi connectivity index (χ0n) is 25.2. The number of hydrogen-bond acceptors (Lipinski definition) is 7. The molecule has 2 aromatic carbocycles. The van der Waals surface area contributed by atoms with Crippen molar-refractivity contribution in [1.29, 1.82) is 0 Å². The standard InChI is InChI=1S/C33H38N6O4S/c1-21-8-11-24(28(17-31(40)41)27-12-13-29-32(22(27)2)35-36-39(29)18-23-9-10-23)16-25(21)19-37-20-26-6-3-4-15-38(26)33-30(44(37,42)43)7-5-14-34-33/h5,7-8,11-14,16,23,26,28H,3-4,6,9-10,15,17-20H2,1-2H3,(H,40,41)/t26-,28?/m0/s1. The van der Waals surface area contributed by atoms with Gasteiger partial charge in [-0.1, -0.05) is 29.5 Å². The lowest BCUT2D eigenvalue weighted by molar-refractivity contribution is -0.137. The highest BCUT2D eigenvalue weighted by molar-refractivity contribution is 7.89. The lowest BCUT2D eigenvalue weighted by Crippen LogP contribution is -2.45. The average Bonchev–Trinajstić information content (AvgIpc) is 3.75. The number of piperidine rings is 1. The van der Waals surface area contributed by atoms with Crippen molar-refractivity contribution < 1.29 is 18.3 Å². The number of sulfonamides is 1. The summed E-state index contributed by atoms with van der Waals surface area (Å²) in [4.78, 5) is 19.1. The molecule has 0 amide bonds. The highest BCUT2D eigenvalue weighted by atomic mass is 32.2. The largest absolute Gasteiger partial charge is 0.481 e. The molecule has 3 aliphatic rings. The zero-order valence-corrected chi connectivity index (χ0v) is 26.0. The van der Waals surface area contributed by atoms with Crippen molar-refractivity contribution in [1.82, 2.24) is 24.3 Å². The van der Waals surface area contributed by atoms with Gasteiger partial charge in [0.05, 0.1) is 11.9 Å². The van der Waals surface area contributed by atoms with E-state index in [2.05, 4.69) is 20.2 Å². The lowest BCUT2D eigenvalue weighted by atomic mass is 9.84. The van der Waals surface area contributed by atoms with E-state index in [0.29, 0.717) is 18.3 Å². The van der Waals surface area contributed by atoms with Crippen LogP contribution in [0, 0.1) is 19.8 Å². The first-order valence-electron chi connectivity index (χ1n) is 15.6. The number of anilines is 1. The first kappa shape index (κ1) is 28.9. The molecule has 1 unspecified atom stereocenters. The number of carboxylic acid groups (broad SMARTS) is 1. The summed E-state index contributed by atoms with van der Waals surface area (Å²) in [5.74, 6) is -0.119. The van der Waals surface area contributed by atoms with Crippen LogP contribution >= 0.6 is 0 Å². The molecule has 0 radical (unpaired) electrons. The van der Waals surface area contributed by atoms with Crippen LogP contribution in [0.1, 0.15) is 72.3 Å². The van der Waals surface area contributed by atoms with Gasteiger partial charge in [-0.25, -0.2) is 18.1 Å². The van der Waals surface area contributed by atoms with Gasteiger partial charge in [-0.05, 0) is 97.9 Å². The van der Waals surface area contributed by atoms with Crippen LogP contribution in [0.2, 0.25) is 0 Å². The lowest BCUT2D eigenvalue weighted by Gasteiger charge is -2.36. The Hall–Kier alpha value is -3.83. The molecule has 1 saturated heterocycles. The number of carboxylic acids is 1. The second-order valence-corrected chi connectivity index (χ2v) is 14.6. The van der Waals surface area contributed by atoms with E-state index in [-0.39, 0.29) is 23.9 Å². The molecule has 11 heteroatoms. The van der Waals surface area contributed by atoms with Crippen LogP contribution < -0.4 is 4.90 Å². The molecule has 0 spiro atoms. The van der Waals surface area contributed by atoms with Crippen LogP contribution in [0.4, 0.5) is 5.82 Å². The molecule has 4 heterocycles. The minimum atomic E-state index is -3.81. The summed E-state index contributed by atoms with van der Waals surface area (Å²) in [6.45, 7) is 6.20. The SMILES string of the molecule is Cc1ccc(C(CC(=O)O)c2ccc3c(nnn3CC3CC3)c2C)cc1CN1C[C@@H]2CCCCN2c2ncccc2S1(=O)=O. The van der Waals surface area contributed by atoms with Gasteiger partial charge in [-0.2, -0.15) is 4.31 Å². The molecule has 2 atom stereocenters. The Kier molecular flexibility index (Phi) is 7.40. The maximum absolute atomic E-state index is 14.1. The van der Waals surface area contributed by atoms with E-state index in [9.17, 15) is 18.3 Å². The van der Waals surface area contributed by atoms with E-state index in [4.69, 9.17) is 0 Å². The van der Waals surface area contributed by atoms with E-state index in [1.807, 2.05) is 48.9 Å². The third-order valence-corrected chi connectivity index (χ3v) is 11.5. The predicted molar refractivity (Wildman–Crippen MR) is 167 cm³/mol. The van der Waals surface area contributed by atoms with E-state index in [1.54, 1.807) is 22.6 Å². The number of benzene rings is 2. The summed E-state index contributed by atoms with van der Waals surface area (Å²) in [7, 11) is -3.81. The van der Waals surface area contributed by atoms with E-state index >= 15 is 0 Å². The smallest absolute Gasteiger partial charge is 0.304 e. The molecular weight excluding hydrogens is 576 g/mol. The molecule has 1 N–H and O–H groups in total. The summed E-state index contributed by atoms with van der Waals surface area (Å²) in [6, 6.07) is 13.4. The fourth-order valence-corrected chi connectivity index (χ4v) is 8.59. The van der Waals surface area contributed by atoms with Crippen LogP contribution in [-0.4, -0.2) is 62.9 Å². The summed E-state index contributed by atoms with van der Waals surface area (Å²) >= 11 is 0. The van der Waals surface area contributed by atoms with Crippen molar-refractivity contribution in [2.75, 3.05) is 18.0 Å². The molecule has 2 aromatic heterocycles. The number of aliphatic carboxylic acids is 1. The molecule has 44 heavy (non-hydrogen) atoms. The van der Waals surface area contributed by atoms with Crippen molar-refractivity contribution in [3.05, 3.63) is 76.5 Å². The molecule has 1 saturated carbocycles. The summed E-state index contributed by atoms with van der Waals surface area (Å²) in [5.41, 5.74) is 6.26. The highest BCUT2D eigenvalue weighted by Crippen LogP contribution is 2.38. The topological polar surface area (TPSA) is 122 Å². The van der Waals surface area contributed by atoms with Gasteiger partial charge >= 0.3 is 5.97 Å². The van der Waals surface area contributed by atoms with Crippen molar-refractivity contribution >= 4 is 32.8 Å². The number of rotatable bonds is 8. The molecule has 230 valence electrons. The van der Waals surface area contributed by atoms with Crippen molar-refractivity contribution in [2.24, 2.45) is 5.92 Å². The van der Waals surface area contributed by atoms with Crippen LogP contribution in [-0.2, 0) is 27.9 Å². The van der Waals surface area contributed by atoms with E-state index in [1.165, 1.54) is 12.8 Å². The first-order valence-corrected chi connectivity index (χ1v) is 17.0. The van der Waals surface area contributed by atoms with Gasteiger partial charge in [0, 0.05) is 44.3 Å². The Balaban J connectivity index is 1.25. The summed E-state index contributed by atoms with van der Waals surface area (Å²) in [6.07, 6.45) is 6.99. The van der Waals surface area contributed by atoms with Gasteiger partial charge in [0.2, 0.25) is 10.0 Å². The summed E-state index contributed by atoms with van der Waals surface area (Å²) < 4.78 is 31.7. The normalized spacial score (nSPS) is 20.6. The second-order valence-electron chi connectivity index (χ2n) is 12.7. The Morgan fingerprint density at radius 1 is 1.09 bits per heavy atom. The number of nitrogens with zero attached hydrogens (tertiary/aromatic N) is 6. The highest BCUT2D eigenvalue weighted by Gasteiger charge is 2.39. The molecular formula is C33H38N6O4S. The molecule has 7 rings (SSSR count). The van der Waals surface area contributed by atoms with Gasteiger partial charge in [0.25, 0.3) is 0 Å². The number of aromatic nitrogens is 4. The third-order valence-electron chi connectivity index (χ3n) is 9.67. The predicted octanol–water partition coefficient (Wildman–Crippen LogP) is 5.02. The average molecular weight is 615 g/mol. The maximum Gasteiger partial charge on any atom is 0.304 e. The number of carbonyl (C=O) groups is 1. The van der Waals surface area contributed by atoms with Crippen molar-refractivity contribution in [3.8, 4) is 0 Å². The quantitative estimate of drug-likeness (QED) is 0.294. The molecule has 1 aliphatic carbocycles. The number of hydrogen-bond donors (Lipinski definition) is 1.